The highest BCUT2D eigenvalue weighted by molar-refractivity contribution is 6.30. The summed E-state index contributed by atoms with van der Waals surface area (Å²) in [5.74, 6) is 0. The van der Waals surface area contributed by atoms with Crippen molar-refractivity contribution in [2.75, 3.05) is 0 Å². The van der Waals surface area contributed by atoms with Gasteiger partial charge < -0.3 is 8.98 Å². The number of para-hydroxylation sites is 2. The van der Waals surface area contributed by atoms with Gasteiger partial charge in [0.2, 0.25) is 0 Å². The zero-order valence-electron chi connectivity index (χ0n) is 19.3. The van der Waals surface area contributed by atoms with Crippen LogP contribution in [0.2, 0.25) is 0 Å². The maximum Gasteiger partial charge on any atom is 0.160 e. The third-order valence-corrected chi connectivity index (χ3v) is 7.91. The topological polar surface area (TPSA) is 18.1 Å². The van der Waals surface area contributed by atoms with Gasteiger partial charge in [-0.25, -0.2) is 0 Å². The number of rotatable bonds is 1. The lowest BCUT2D eigenvalue weighted by Gasteiger charge is -2.11. The van der Waals surface area contributed by atoms with Gasteiger partial charge in [-0.15, -0.1) is 0 Å². The molecule has 9 rings (SSSR count). The fraction of sp³-hybridized carbons (Fsp3) is 0. The summed E-state index contributed by atoms with van der Waals surface area (Å²) in [6, 6.07) is 41.5. The Morgan fingerprint density at radius 1 is 0.444 bits per heavy atom. The van der Waals surface area contributed by atoms with E-state index in [4.69, 9.17) is 4.42 Å². The molecule has 36 heavy (non-hydrogen) atoms. The normalized spacial score (nSPS) is 12.4. The van der Waals surface area contributed by atoms with Gasteiger partial charge in [-0.1, -0.05) is 84.9 Å². The number of aromatic nitrogens is 1. The summed E-state index contributed by atoms with van der Waals surface area (Å²) in [5, 5.41) is 7.40. The van der Waals surface area contributed by atoms with Gasteiger partial charge in [-0.3, -0.25) is 0 Å². The van der Waals surface area contributed by atoms with Crippen LogP contribution in [0.3, 0.4) is 0 Å². The van der Waals surface area contributed by atoms with Crippen LogP contribution in [-0.4, -0.2) is 4.57 Å². The molecular weight excluding hydrogens is 438 g/mol. The van der Waals surface area contributed by atoms with Gasteiger partial charge in [-0.2, -0.15) is 0 Å². The van der Waals surface area contributed by atoms with E-state index in [1.165, 1.54) is 49.3 Å². The Kier molecular flexibility index (Phi) is 3.31. The minimum atomic E-state index is 0.924. The summed E-state index contributed by atoms with van der Waals surface area (Å²) in [4.78, 5) is 0. The molecule has 1 aliphatic rings. The van der Waals surface area contributed by atoms with Crippen LogP contribution >= 0.6 is 0 Å². The standard InChI is InChI=1S/C34H19NO/c1-2-9-20(10-3-1)35-32-27-15-8-14-24-21-11-4-5-12-22(21)28(31(24)27)19-29(32)25-17-18-26-23-13-6-7-16-30(23)36-34(26)33(25)35/h1-19H. The van der Waals surface area contributed by atoms with Crippen molar-refractivity contribution in [3.05, 3.63) is 115 Å². The molecule has 0 radical (unpaired) electrons. The van der Waals surface area contributed by atoms with Crippen molar-refractivity contribution >= 4 is 54.5 Å². The second-order valence-corrected chi connectivity index (χ2v) is 9.70. The molecule has 0 N–H and O–H groups in total. The zero-order chi connectivity index (χ0) is 23.4. The molecule has 1 aliphatic carbocycles. The molecule has 2 heterocycles. The van der Waals surface area contributed by atoms with E-state index in [-0.39, 0.29) is 0 Å². The molecule has 166 valence electrons. The van der Waals surface area contributed by atoms with E-state index in [1.807, 2.05) is 6.07 Å². The lowest BCUT2D eigenvalue weighted by atomic mass is 9.99. The van der Waals surface area contributed by atoms with Crippen molar-refractivity contribution in [2.24, 2.45) is 0 Å². The highest BCUT2D eigenvalue weighted by atomic mass is 16.3. The number of furan rings is 1. The predicted molar refractivity (Wildman–Crippen MR) is 150 cm³/mol. The molecule has 6 aromatic carbocycles. The minimum Gasteiger partial charge on any atom is -0.454 e. The zero-order valence-corrected chi connectivity index (χ0v) is 19.3. The Bertz CT molecular complexity index is 2190. The summed E-state index contributed by atoms with van der Waals surface area (Å²) in [7, 11) is 0. The average Bonchev–Trinajstić information content (AvgIpc) is 3.59. The molecule has 2 aromatic heterocycles. The fourth-order valence-electron chi connectivity index (χ4n) is 6.47. The van der Waals surface area contributed by atoms with E-state index >= 15 is 0 Å². The number of nitrogens with zero attached hydrogens (tertiary/aromatic N) is 1. The van der Waals surface area contributed by atoms with Crippen molar-refractivity contribution in [3.8, 4) is 27.9 Å². The third kappa shape index (κ3) is 2.14. The van der Waals surface area contributed by atoms with Gasteiger partial charge in [0.15, 0.2) is 5.58 Å². The van der Waals surface area contributed by atoms with E-state index in [9.17, 15) is 0 Å². The molecule has 8 aromatic rings. The Balaban J connectivity index is 1.58. The van der Waals surface area contributed by atoms with E-state index < -0.39 is 0 Å². The SMILES string of the molecule is c1ccc(-n2c3c4cccc5c4c(cc3c3ccc4c6ccccc6oc4c32)-c2ccccc2-5)cc1. The number of hydrogen-bond acceptors (Lipinski definition) is 1. The maximum atomic E-state index is 6.57. The van der Waals surface area contributed by atoms with E-state index in [2.05, 4.69) is 114 Å². The van der Waals surface area contributed by atoms with Gasteiger partial charge in [0, 0.05) is 32.6 Å². The first kappa shape index (κ1) is 18.5. The molecule has 2 nitrogen and oxygen atoms in total. The lowest BCUT2D eigenvalue weighted by Crippen LogP contribution is -1.94. The van der Waals surface area contributed by atoms with Crippen molar-refractivity contribution < 1.29 is 4.42 Å². The van der Waals surface area contributed by atoms with Gasteiger partial charge in [-0.05, 0) is 58.0 Å². The number of fused-ring (bicyclic) bond motifs is 11. The molecule has 0 atom stereocenters. The van der Waals surface area contributed by atoms with Gasteiger partial charge >= 0.3 is 0 Å². The molecule has 0 aliphatic heterocycles. The maximum absolute atomic E-state index is 6.57. The molecular formula is C34H19NO. The molecule has 0 saturated heterocycles. The molecule has 0 amide bonds. The van der Waals surface area contributed by atoms with E-state index in [0.29, 0.717) is 0 Å². The molecule has 0 spiro atoms. The molecule has 2 heteroatoms. The van der Waals surface area contributed by atoms with Crippen molar-refractivity contribution in [2.45, 2.75) is 0 Å². The van der Waals surface area contributed by atoms with Crippen LogP contribution in [0.15, 0.2) is 120 Å². The number of hydrogen-bond donors (Lipinski definition) is 0. The lowest BCUT2D eigenvalue weighted by molar-refractivity contribution is 0.671. The second kappa shape index (κ2) is 6.44. The van der Waals surface area contributed by atoms with Crippen LogP contribution in [0.1, 0.15) is 0 Å². The van der Waals surface area contributed by atoms with E-state index in [0.717, 1.165) is 33.1 Å². The van der Waals surface area contributed by atoms with Crippen molar-refractivity contribution in [3.63, 3.8) is 0 Å². The molecule has 0 unspecified atom stereocenters. The number of benzene rings is 6. The Hall–Kier alpha value is -4.82. The van der Waals surface area contributed by atoms with E-state index in [1.54, 1.807) is 0 Å². The van der Waals surface area contributed by atoms with Gasteiger partial charge in [0.05, 0.1) is 11.0 Å². The van der Waals surface area contributed by atoms with Crippen LogP contribution in [-0.2, 0) is 0 Å². The molecule has 0 fully saturated rings. The minimum absolute atomic E-state index is 0.924. The highest BCUT2D eigenvalue weighted by Gasteiger charge is 2.26. The fourth-order valence-corrected chi connectivity index (χ4v) is 6.47. The summed E-state index contributed by atoms with van der Waals surface area (Å²) in [6.07, 6.45) is 0. The summed E-state index contributed by atoms with van der Waals surface area (Å²) >= 11 is 0. The first-order valence-electron chi connectivity index (χ1n) is 12.4. The van der Waals surface area contributed by atoms with Gasteiger partial charge in [0.1, 0.15) is 5.58 Å². The van der Waals surface area contributed by atoms with Crippen LogP contribution in [0, 0.1) is 0 Å². The highest BCUT2D eigenvalue weighted by Crippen LogP contribution is 2.51. The van der Waals surface area contributed by atoms with Crippen LogP contribution in [0.25, 0.3) is 82.5 Å². The van der Waals surface area contributed by atoms with Gasteiger partial charge in [0.25, 0.3) is 0 Å². The quantitative estimate of drug-likeness (QED) is 0.240. The predicted octanol–water partition coefficient (Wildman–Crippen LogP) is 9.48. The smallest absolute Gasteiger partial charge is 0.160 e. The monoisotopic (exact) mass is 457 g/mol. The Morgan fingerprint density at radius 3 is 2.03 bits per heavy atom. The average molecular weight is 458 g/mol. The molecule has 0 bridgehead atoms. The third-order valence-electron chi connectivity index (χ3n) is 7.91. The second-order valence-electron chi connectivity index (χ2n) is 9.70. The summed E-state index contributed by atoms with van der Waals surface area (Å²) < 4.78 is 8.99. The van der Waals surface area contributed by atoms with Crippen LogP contribution in [0.4, 0.5) is 0 Å². The largest absolute Gasteiger partial charge is 0.454 e. The summed E-state index contributed by atoms with van der Waals surface area (Å²) in [6.45, 7) is 0. The Labute approximate surface area is 206 Å². The summed E-state index contributed by atoms with van der Waals surface area (Å²) in [5.41, 5.74) is 10.6. The van der Waals surface area contributed by atoms with Crippen LogP contribution < -0.4 is 0 Å². The first-order valence-corrected chi connectivity index (χ1v) is 12.4. The van der Waals surface area contributed by atoms with Crippen molar-refractivity contribution in [1.29, 1.82) is 0 Å². The van der Waals surface area contributed by atoms with Crippen molar-refractivity contribution in [1.82, 2.24) is 4.57 Å². The Morgan fingerprint density at radius 2 is 1.14 bits per heavy atom. The first-order chi connectivity index (χ1) is 17.9. The van der Waals surface area contributed by atoms with Crippen LogP contribution in [0.5, 0.6) is 0 Å². The molecule has 0 saturated carbocycles.